The zero-order chi connectivity index (χ0) is 12.3. The predicted octanol–water partition coefficient (Wildman–Crippen LogP) is 3.02. The lowest BCUT2D eigenvalue weighted by molar-refractivity contribution is 0.0992. The Morgan fingerprint density at radius 2 is 2.18 bits per heavy atom. The largest absolute Gasteiger partial charge is 0.497 e. The fraction of sp³-hybridized carbons (Fsp3) is 0.214. The smallest absolute Gasteiger partial charge is 0.170 e. The van der Waals surface area contributed by atoms with Gasteiger partial charge in [-0.15, -0.1) is 0 Å². The van der Waals surface area contributed by atoms with Gasteiger partial charge in [-0.2, -0.15) is 0 Å². The minimum atomic E-state index is 0.0510. The lowest BCUT2D eigenvalue weighted by Gasteiger charge is -2.02. The molecule has 17 heavy (non-hydrogen) atoms. The Morgan fingerprint density at radius 1 is 1.35 bits per heavy atom. The summed E-state index contributed by atoms with van der Waals surface area (Å²) in [5.74, 6) is 1.56. The molecule has 0 fully saturated rings. The highest BCUT2D eigenvalue weighted by Crippen LogP contribution is 2.15. The van der Waals surface area contributed by atoms with Crippen LogP contribution in [0.2, 0.25) is 0 Å². The van der Waals surface area contributed by atoms with Crippen molar-refractivity contribution < 1.29 is 13.9 Å². The molecule has 1 heterocycles. The van der Waals surface area contributed by atoms with Crippen molar-refractivity contribution in [3.8, 4) is 5.75 Å². The van der Waals surface area contributed by atoms with Gasteiger partial charge in [-0.3, -0.25) is 4.79 Å². The first-order valence-electron chi connectivity index (χ1n) is 5.40. The van der Waals surface area contributed by atoms with E-state index >= 15 is 0 Å². The van der Waals surface area contributed by atoms with Crippen LogP contribution in [0.25, 0.3) is 0 Å². The minimum absolute atomic E-state index is 0.0510. The Balaban J connectivity index is 2.12. The Morgan fingerprint density at radius 3 is 2.82 bits per heavy atom. The second-order valence-corrected chi connectivity index (χ2v) is 3.90. The molecule has 0 aliphatic rings. The number of carbonyl (C=O) groups is 1. The molecule has 1 aromatic carbocycles. The molecule has 0 radical (unpaired) electrons. The van der Waals surface area contributed by atoms with Crippen LogP contribution < -0.4 is 4.74 Å². The van der Waals surface area contributed by atoms with E-state index < -0.39 is 0 Å². The predicted molar refractivity (Wildman–Crippen MR) is 64.5 cm³/mol. The highest BCUT2D eigenvalue weighted by molar-refractivity contribution is 5.97. The molecular weight excluding hydrogens is 216 g/mol. The lowest BCUT2D eigenvalue weighted by Crippen LogP contribution is -2.02. The van der Waals surface area contributed by atoms with Crippen molar-refractivity contribution in [2.45, 2.75) is 13.3 Å². The number of ketones is 1. The summed E-state index contributed by atoms with van der Waals surface area (Å²) >= 11 is 0. The third-order valence-electron chi connectivity index (χ3n) is 2.55. The lowest BCUT2D eigenvalue weighted by atomic mass is 10.0. The second-order valence-electron chi connectivity index (χ2n) is 3.90. The highest BCUT2D eigenvalue weighted by Gasteiger charge is 2.10. The fourth-order valence-corrected chi connectivity index (χ4v) is 1.66. The summed E-state index contributed by atoms with van der Waals surface area (Å²) in [6.07, 6.45) is 1.86. The van der Waals surface area contributed by atoms with Gasteiger partial charge in [-0.25, -0.2) is 0 Å². The van der Waals surface area contributed by atoms with E-state index in [2.05, 4.69) is 0 Å². The van der Waals surface area contributed by atoms with Gasteiger partial charge in [0.25, 0.3) is 0 Å². The number of methoxy groups -OCH3 is 1. The Kier molecular flexibility index (Phi) is 3.28. The summed E-state index contributed by atoms with van der Waals surface area (Å²) in [5.41, 5.74) is 1.55. The summed E-state index contributed by atoms with van der Waals surface area (Å²) in [7, 11) is 1.61. The van der Waals surface area contributed by atoms with E-state index in [4.69, 9.17) is 9.15 Å². The zero-order valence-corrected chi connectivity index (χ0v) is 9.90. The number of hydrogen-bond acceptors (Lipinski definition) is 3. The van der Waals surface area contributed by atoms with Gasteiger partial charge in [0.2, 0.25) is 0 Å². The molecule has 2 rings (SSSR count). The second kappa shape index (κ2) is 4.87. The molecule has 0 aliphatic carbocycles. The van der Waals surface area contributed by atoms with Crippen LogP contribution in [0.3, 0.4) is 0 Å². The molecule has 0 N–H and O–H groups in total. The maximum atomic E-state index is 11.9. The van der Waals surface area contributed by atoms with Crippen LogP contribution in [0.15, 0.2) is 41.0 Å². The van der Waals surface area contributed by atoms with Crippen molar-refractivity contribution in [3.63, 3.8) is 0 Å². The number of hydrogen-bond donors (Lipinski definition) is 0. The molecule has 88 valence electrons. The first kappa shape index (κ1) is 11.5. The molecule has 0 unspecified atom stereocenters. The van der Waals surface area contributed by atoms with E-state index in [-0.39, 0.29) is 5.78 Å². The van der Waals surface area contributed by atoms with Crippen LogP contribution in [0, 0.1) is 6.92 Å². The van der Waals surface area contributed by atoms with Gasteiger partial charge in [-0.05, 0) is 30.7 Å². The van der Waals surface area contributed by atoms with Crippen molar-refractivity contribution >= 4 is 5.78 Å². The molecule has 0 bridgehead atoms. The van der Waals surface area contributed by atoms with E-state index in [0.29, 0.717) is 12.0 Å². The average Bonchev–Trinajstić information content (AvgIpc) is 2.76. The Bertz CT molecular complexity index is 526. The Hall–Kier alpha value is -2.03. The molecule has 0 saturated carbocycles. The normalized spacial score (nSPS) is 10.2. The number of Topliss-reactive ketones (excluding diaryl/α,β-unsaturated/α-hetero) is 1. The van der Waals surface area contributed by atoms with Crippen LogP contribution in [-0.4, -0.2) is 12.9 Å². The van der Waals surface area contributed by atoms with Gasteiger partial charge in [0.05, 0.1) is 12.7 Å². The molecule has 0 amide bonds. The highest BCUT2D eigenvalue weighted by atomic mass is 16.5. The van der Waals surface area contributed by atoms with E-state index in [1.165, 1.54) is 6.26 Å². The van der Waals surface area contributed by atoms with E-state index in [1.807, 2.05) is 31.2 Å². The van der Waals surface area contributed by atoms with Crippen LogP contribution in [0.1, 0.15) is 21.7 Å². The molecule has 0 atom stereocenters. The van der Waals surface area contributed by atoms with Crippen LogP contribution in [0.4, 0.5) is 0 Å². The molecule has 2 aromatic rings. The summed E-state index contributed by atoms with van der Waals surface area (Å²) in [5, 5.41) is 0. The maximum Gasteiger partial charge on any atom is 0.170 e. The maximum absolute atomic E-state index is 11.9. The first-order chi connectivity index (χ1) is 8.19. The topological polar surface area (TPSA) is 39.4 Å². The number of rotatable bonds is 4. The van der Waals surface area contributed by atoms with Gasteiger partial charge in [0, 0.05) is 6.42 Å². The monoisotopic (exact) mass is 230 g/mol. The number of carbonyl (C=O) groups excluding carboxylic acids is 1. The van der Waals surface area contributed by atoms with Crippen molar-refractivity contribution in [1.29, 1.82) is 0 Å². The van der Waals surface area contributed by atoms with Crippen molar-refractivity contribution in [1.82, 2.24) is 0 Å². The summed E-state index contributed by atoms with van der Waals surface area (Å²) < 4.78 is 10.2. The average molecular weight is 230 g/mol. The molecule has 1 aromatic heterocycles. The molecule has 0 saturated heterocycles. The number of aryl methyl sites for hydroxylation is 1. The Labute approximate surface area is 100 Å². The van der Waals surface area contributed by atoms with E-state index in [0.717, 1.165) is 17.1 Å². The number of ether oxygens (including phenoxy) is 1. The van der Waals surface area contributed by atoms with Crippen molar-refractivity contribution in [2.24, 2.45) is 0 Å². The summed E-state index contributed by atoms with van der Waals surface area (Å²) in [6, 6.07) is 9.26. The van der Waals surface area contributed by atoms with E-state index in [1.54, 1.807) is 13.2 Å². The minimum Gasteiger partial charge on any atom is -0.497 e. The van der Waals surface area contributed by atoms with Gasteiger partial charge in [-0.1, -0.05) is 12.1 Å². The molecule has 3 nitrogen and oxygen atoms in total. The fourth-order valence-electron chi connectivity index (χ4n) is 1.66. The molecule has 0 spiro atoms. The SMILES string of the molecule is COc1cccc(CC(=O)c2coc(C)c2)c1. The summed E-state index contributed by atoms with van der Waals surface area (Å²) in [6.45, 7) is 1.82. The van der Waals surface area contributed by atoms with Crippen LogP contribution in [0.5, 0.6) is 5.75 Å². The first-order valence-corrected chi connectivity index (χ1v) is 5.40. The number of furan rings is 1. The van der Waals surface area contributed by atoms with Crippen molar-refractivity contribution in [2.75, 3.05) is 7.11 Å². The van der Waals surface area contributed by atoms with Gasteiger partial charge in [0.1, 0.15) is 17.8 Å². The number of benzene rings is 1. The van der Waals surface area contributed by atoms with Gasteiger partial charge >= 0.3 is 0 Å². The summed E-state index contributed by atoms with van der Waals surface area (Å²) in [4.78, 5) is 11.9. The molecule has 3 heteroatoms. The zero-order valence-electron chi connectivity index (χ0n) is 9.90. The molecular formula is C14H14O3. The van der Waals surface area contributed by atoms with Crippen LogP contribution >= 0.6 is 0 Å². The van der Waals surface area contributed by atoms with Crippen LogP contribution in [-0.2, 0) is 6.42 Å². The molecule has 0 aliphatic heterocycles. The van der Waals surface area contributed by atoms with Gasteiger partial charge in [0.15, 0.2) is 5.78 Å². The third-order valence-corrected chi connectivity index (χ3v) is 2.55. The van der Waals surface area contributed by atoms with Gasteiger partial charge < -0.3 is 9.15 Å². The van der Waals surface area contributed by atoms with E-state index in [9.17, 15) is 4.79 Å². The quantitative estimate of drug-likeness (QED) is 0.758. The third kappa shape index (κ3) is 2.75. The standard InChI is InChI=1S/C14H14O3/c1-10-6-12(9-17-10)14(15)8-11-4-3-5-13(7-11)16-2/h3-7,9H,8H2,1-2H3. The van der Waals surface area contributed by atoms with Crippen molar-refractivity contribution in [3.05, 3.63) is 53.5 Å².